The van der Waals surface area contributed by atoms with Gasteiger partial charge in [0.05, 0.1) is 6.61 Å². The maximum Gasteiger partial charge on any atom is 0.119 e. The SMILES string of the molecule is CCOc1ccc(OCC(O)CN2CCN(CC)CC2)cc1. The van der Waals surface area contributed by atoms with Gasteiger partial charge in [-0.25, -0.2) is 0 Å². The maximum atomic E-state index is 10.1. The first-order valence-electron chi connectivity index (χ1n) is 8.19. The van der Waals surface area contributed by atoms with Crippen molar-refractivity contribution in [3.8, 4) is 11.5 Å². The van der Waals surface area contributed by atoms with E-state index in [2.05, 4.69) is 16.7 Å². The largest absolute Gasteiger partial charge is 0.494 e. The van der Waals surface area contributed by atoms with Gasteiger partial charge in [-0.05, 0) is 37.7 Å². The minimum absolute atomic E-state index is 0.321. The molecule has 1 fully saturated rings. The van der Waals surface area contributed by atoms with Gasteiger partial charge in [0.25, 0.3) is 0 Å². The van der Waals surface area contributed by atoms with E-state index in [-0.39, 0.29) is 0 Å². The summed E-state index contributed by atoms with van der Waals surface area (Å²) in [6.07, 6.45) is -0.459. The third kappa shape index (κ3) is 5.48. The standard InChI is InChI=1S/C17H28N2O3/c1-3-18-9-11-19(12-10-18)13-15(20)14-22-17-7-5-16(6-8-17)21-4-2/h5-8,15,20H,3-4,9-14H2,1-2H3. The zero-order chi connectivity index (χ0) is 15.8. The fraction of sp³-hybridized carbons (Fsp3) is 0.647. The second-order valence-corrected chi connectivity index (χ2v) is 5.60. The lowest BCUT2D eigenvalue weighted by Crippen LogP contribution is -2.49. The van der Waals surface area contributed by atoms with Crippen molar-refractivity contribution in [3.05, 3.63) is 24.3 Å². The lowest BCUT2D eigenvalue weighted by Gasteiger charge is -2.34. The van der Waals surface area contributed by atoms with Crippen LogP contribution in [0.3, 0.4) is 0 Å². The number of β-amino-alcohol motifs (C(OH)–C–C–N with tert-alkyl or cyclic N) is 1. The Hall–Kier alpha value is -1.30. The number of hydrogen-bond acceptors (Lipinski definition) is 5. The van der Waals surface area contributed by atoms with E-state index in [4.69, 9.17) is 9.47 Å². The number of hydrogen-bond donors (Lipinski definition) is 1. The number of likely N-dealkylation sites (N-methyl/N-ethyl adjacent to an activating group) is 1. The van der Waals surface area contributed by atoms with Crippen LogP contribution in [-0.2, 0) is 0 Å². The summed E-state index contributed by atoms with van der Waals surface area (Å²) in [6, 6.07) is 7.51. The number of benzene rings is 1. The van der Waals surface area contributed by atoms with Crippen LogP contribution in [0.4, 0.5) is 0 Å². The molecule has 0 spiro atoms. The first-order chi connectivity index (χ1) is 10.7. The minimum Gasteiger partial charge on any atom is -0.494 e. The zero-order valence-corrected chi connectivity index (χ0v) is 13.7. The highest BCUT2D eigenvalue weighted by Crippen LogP contribution is 2.17. The van der Waals surface area contributed by atoms with E-state index in [9.17, 15) is 5.11 Å². The van der Waals surface area contributed by atoms with Gasteiger partial charge in [0, 0.05) is 32.7 Å². The molecule has 0 bridgehead atoms. The average molecular weight is 308 g/mol. The van der Waals surface area contributed by atoms with Gasteiger partial charge in [0.1, 0.15) is 24.2 Å². The smallest absolute Gasteiger partial charge is 0.119 e. The zero-order valence-electron chi connectivity index (χ0n) is 13.7. The van der Waals surface area contributed by atoms with Crippen molar-refractivity contribution in [3.63, 3.8) is 0 Å². The predicted octanol–water partition coefficient (Wildman–Crippen LogP) is 1.46. The number of aliphatic hydroxyl groups is 1. The van der Waals surface area contributed by atoms with Gasteiger partial charge in [0.15, 0.2) is 0 Å². The van der Waals surface area contributed by atoms with E-state index >= 15 is 0 Å². The molecule has 1 heterocycles. The molecule has 1 aliphatic rings. The van der Waals surface area contributed by atoms with Crippen molar-refractivity contribution in [2.75, 3.05) is 52.5 Å². The highest BCUT2D eigenvalue weighted by Gasteiger charge is 2.18. The van der Waals surface area contributed by atoms with Crippen molar-refractivity contribution in [1.82, 2.24) is 9.80 Å². The first-order valence-corrected chi connectivity index (χ1v) is 8.19. The summed E-state index contributed by atoms with van der Waals surface area (Å²) in [6.45, 7) is 11.1. The van der Waals surface area contributed by atoms with E-state index in [1.54, 1.807) is 0 Å². The minimum atomic E-state index is -0.459. The van der Waals surface area contributed by atoms with Crippen LogP contribution in [0.5, 0.6) is 11.5 Å². The molecule has 1 unspecified atom stereocenters. The summed E-state index contributed by atoms with van der Waals surface area (Å²) in [5.41, 5.74) is 0. The van der Waals surface area contributed by atoms with Crippen LogP contribution in [0, 0.1) is 0 Å². The summed E-state index contributed by atoms with van der Waals surface area (Å²) < 4.78 is 11.0. The Morgan fingerprint density at radius 1 is 0.955 bits per heavy atom. The van der Waals surface area contributed by atoms with E-state index in [1.165, 1.54) is 0 Å². The molecule has 0 radical (unpaired) electrons. The average Bonchev–Trinajstić information content (AvgIpc) is 2.55. The van der Waals surface area contributed by atoms with Crippen LogP contribution in [0.15, 0.2) is 24.3 Å². The molecular formula is C17H28N2O3. The highest BCUT2D eigenvalue weighted by molar-refractivity contribution is 5.31. The molecule has 0 aliphatic carbocycles. The van der Waals surface area contributed by atoms with E-state index < -0.39 is 6.10 Å². The molecule has 5 nitrogen and oxygen atoms in total. The molecule has 1 aromatic carbocycles. The molecule has 0 aromatic heterocycles. The van der Waals surface area contributed by atoms with Crippen molar-refractivity contribution in [2.45, 2.75) is 20.0 Å². The van der Waals surface area contributed by atoms with Gasteiger partial charge in [-0.15, -0.1) is 0 Å². The van der Waals surface area contributed by atoms with Crippen LogP contribution in [0.1, 0.15) is 13.8 Å². The van der Waals surface area contributed by atoms with Gasteiger partial charge in [-0.2, -0.15) is 0 Å². The van der Waals surface area contributed by atoms with E-state index in [1.807, 2.05) is 31.2 Å². The van der Waals surface area contributed by atoms with Crippen LogP contribution >= 0.6 is 0 Å². The Labute approximate surface area is 133 Å². The molecule has 22 heavy (non-hydrogen) atoms. The summed E-state index contributed by atoms with van der Waals surface area (Å²) in [7, 11) is 0. The molecule has 0 amide bonds. The lowest BCUT2D eigenvalue weighted by molar-refractivity contribution is 0.0471. The van der Waals surface area contributed by atoms with Gasteiger partial charge >= 0.3 is 0 Å². The molecule has 5 heteroatoms. The number of piperazine rings is 1. The Morgan fingerprint density at radius 2 is 1.50 bits per heavy atom. The van der Waals surface area contributed by atoms with Crippen LogP contribution < -0.4 is 9.47 Å². The van der Waals surface area contributed by atoms with Crippen molar-refractivity contribution in [2.24, 2.45) is 0 Å². The van der Waals surface area contributed by atoms with Crippen LogP contribution in [0.2, 0.25) is 0 Å². The fourth-order valence-corrected chi connectivity index (χ4v) is 2.63. The van der Waals surface area contributed by atoms with Gasteiger partial charge in [0.2, 0.25) is 0 Å². The van der Waals surface area contributed by atoms with Gasteiger partial charge < -0.3 is 19.5 Å². The second-order valence-electron chi connectivity index (χ2n) is 5.60. The summed E-state index contributed by atoms with van der Waals surface area (Å²) in [4.78, 5) is 4.73. The van der Waals surface area contributed by atoms with Crippen molar-refractivity contribution < 1.29 is 14.6 Å². The fourth-order valence-electron chi connectivity index (χ4n) is 2.63. The molecule has 124 valence electrons. The lowest BCUT2D eigenvalue weighted by atomic mass is 10.2. The molecule has 0 saturated carbocycles. The van der Waals surface area contributed by atoms with Crippen molar-refractivity contribution in [1.29, 1.82) is 0 Å². The summed E-state index contributed by atoms with van der Waals surface area (Å²) in [5.74, 6) is 1.60. The summed E-state index contributed by atoms with van der Waals surface area (Å²) in [5, 5.41) is 10.1. The number of aliphatic hydroxyl groups excluding tert-OH is 1. The maximum absolute atomic E-state index is 10.1. The van der Waals surface area contributed by atoms with Gasteiger partial charge in [-0.3, -0.25) is 4.90 Å². The first kappa shape index (κ1) is 17.1. The number of rotatable bonds is 8. The highest BCUT2D eigenvalue weighted by atomic mass is 16.5. The topological polar surface area (TPSA) is 45.2 Å². The third-order valence-electron chi connectivity index (χ3n) is 3.96. The molecule has 1 atom stereocenters. The number of ether oxygens (including phenoxy) is 2. The molecule has 2 rings (SSSR count). The molecule has 1 aliphatic heterocycles. The molecule has 1 aromatic rings. The third-order valence-corrected chi connectivity index (χ3v) is 3.96. The quantitative estimate of drug-likeness (QED) is 0.788. The van der Waals surface area contributed by atoms with Gasteiger partial charge in [-0.1, -0.05) is 6.92 Å². The Kier molecular flexibility index (Phi) is 6.96. The molecular weight excluding hydrogens is 280 g/mol. The number of nitrogens with zero attached hydrogens (tertiary/aromatic N) is 2. The Bertz CT molecular complexity index is 416. The van der Waals surface area contributed by atoms with Crippen molar-refractivity contribution >= 4 is 0 Å². The van der Waals surface area contributed by atoms with Crippen LogP contribution in [-0.4, -0.2) is 73.5 Å². The van der Waals surface area contributed by atoms with Crippen LogP contribution in [0.25, 0.3) is 0 Å². The van der Waals surface area contributed by atoms with E-state index in [0.29, 0.717) is 19.8 Å². The normalized spacial score (nSPS) is 18.1. The Morgan fingerprint density at radius 3 is 2.05 bits per heavy atom. The molecule has 1 saturated heterocycles. The van der Waals surface area contributed by atoms with E-state index in [0.717, 1.165) is 44.2 Å². The summed E-state index contributed by atoms with van der Waals surface area (Å²) >= 11 is 0. The molecule has 1 N–H and O–H groups in total. The Balaban J connectivity index is 1.68. The predicted molar refractivity (Wildman–Crippen MR) is 87.7 cm³/mol. The second kappa shape index (κ2) is 8.98. The monoisotopic (exact) mass is 308 g/mol.